The summed E-state index contributed by atoms with van der Waals surface area (Å²) in [6, 6.07) is 9.32. The van der Waals surface area contributed by atoms with Gasteiger partial charge in [-0.3, -0.25) is 4.90 Å². The fourth-order valence-corrected chi connectivity index (χ4v) is 3.43. The van der Waals surface area contributed by atoms with Crippen molar-refractivity contribution in [3.05, 3.63) is 35.9 Å². The number of benzene rings is 1. The summed E-state index contributed by atoms with van der Waals surface area (Å²) in [4.78, 5) is 3.93. The smallest absolute Gasteiger partial charge is 0.0480 e. The maximum atomic E-state index is 3.76. The number of hydrogen-bond acceptors (Lipinski definition) is 3. The molecule has 3 heteroatoms. The van der Waals surface area contributed by atoms with Crippen LogP contribution in [0.1, 0.15) is 33.6 Å². The van der Waals surface area contributed by atoms with E-state index in [9.17, 15) is 0 Å². The minimum absolute atomic E-state index is 0.617. The lowest BCUT2D eigenvalue weighted by Crippen LogP contribution is -2.39. The van der Waals surface area contributed by atoms with Crippen molar-refractivity contribution in [2.75, 3.05) is 30.7 Å². The number of thioether (sulfide) groups is 1. The molecule has 1 aromatic carbocycles. The van der Waals surface area contributed by atoms with Gasteiger partial charge in [-0.25, -0.2) is 0 Å². The quantitative estimate of drug-likeness (QED) is 0.609. The lowest BCUT2D eigenvalue weighted by atomic mass is 10.0. The number of likely N-dealkylation sites (tertiary alicyclic amines) is 1. The Morgan fingerprint density at radius 1 is 1.29 bits per heavy atom. The minimum atomic E-state index is 0.617. The van der Waals surface area contributed by atoms with Gasteiger partial charge in [0.2, 0.25) is 0 Å². The van der Waals surface area contributed by atoms with Crippen LogP contribution in [0.2, 0.25) is 0 Å². The van der Waals surface area contributed by atoms with Gasteiger partial charge in [0.15, 0.2) is 0 Å². The van der Waals surface area contributed by atoms with E-state index in [1.807, 2.05) is 11.8 Å². The highest BCUT2D eigenvalue weighted by Crippen LogP contribution is 2.28. The Balaban J connectivity index is 1.85. The molecule has 1 heterocycles. The zero-order valence-electron chi connectivity index (χ0n) is 13.6. The highest BCUT2D eigenvalue weighted by Gasteiger charge is 2.18. The maximum absolute atomic E-state index is 3.76. The average molecular weight is 305 g/mol. The van der Waals surface area contributed by atoms with Crippen molar-refractivity contribution in [1.29, 1.82) is 0 Å². The molecule has 0 aromatic heterocycles. The van der Waals surface area contributed by atoms with Gasteiger partial charge in [0, 0.05) is 36.3 Å². The van der Waals surface area contributed by atoms with Crippen molar-refractivity contribution in [3.63, 3.8) is 0 Å². The molecular formula is C18H28N2S. The molecule has 1 aliphatic heterocycles. The van der Waals surface area contributed by atoms with Crippen LogP contribution in [0.4, 0.5) is 5.69 Å². The van der Waals surface area contributed by atoms with Crippen LogP contribution >= 0.6 is 11.8 Å². The summed E-state index contributed by atoms with van der Waals surface area (Å²) in [5.41, 5.74) is 2.73. The van der Waals surface area contributed by atoms with E-state index in [2.05, 4.69) is 61.3 Å². The standard InChI is InChI=1S/C18H28N2S/c1-4-21-18-8-6-5-7-17(18)19-16-10-13-20(14-11-16)12-9-15(2)3/h5-9,16,19H,4,10-14H2,1-3H3. The van der Waals surface area contributed by atoms with E-state index >= 15 is 0 Å². The first-order chi connectivity index (χ1) is 10.2. The van der Waals surface area contributed by atoms with Gasteiger partial charge >= 0.3 is 0 Å². The van der Waals surface area contributed by atoms with Crippen molar-refractivity contribution in [2.45, 2.75) is 44.6 Å². The van der Waals surface area contributed by atoms with Gasteiger partial charge in [-0.2, -0.15) is 0 Å². The normalized spacial score (nSPS) is 16.7. The Morgan fingerprint density at radius 3 is 2.67 bits per heavy atom. The van der Waals surface area contributed by atoms with Crippen molar-refractivity contribution in [1.82, 2.24) is 4.90 Å². The summed E-state index contributed by atoms with van der Waals surface area (Å²) in [5.74, 6) is 1.12. The first kappa shape index (κ1) is 16.4. The molecule has 1 fully saturated rings. The van der Waals surface area contributed by atoms with Gasteiger partial charge in [0.05, 0.1) is 0 Å². The minimum Gasteiger partial charge on any atom is -0.381 e. The van der Waals surface area contributed by atoms with Gasteiger partial charge in [-0.05, 0) is 44.6 Å². The predicted molar refractivity (Wildman–Crippen MR) is 95.4 cm³/mol. The molecule has 0 aliphatic carbocycles. The van der Waals surface area contributed by atoms with E-state index in [4.69, 9.17) is 0 Å². The lowest BCUT2D eigenvalue weighted by Gasteiger charge is -2.32. The van der Waals surface area contributed by atoms with Crippen LogP contribution in [0, 0.1) is 0 Å². The number of allylic oxidation sites excluding steroid dienone is 1. The maximum Gasteiger partial charge on any atom is 0.0480 e. The number of anilines is 1. The lowest BCUT2D eigenvalue weighted by molar-refractivity contribution is 0.239. The van der Waals surface area contributed by atoms with Crippen LogP contribution in [-0.2, 0) is 0 Å². The van der Waals surface area contributed by atoms with E-state index in [-0.39, 0.29) is 0 Å². The Bertz CT molecular complexity index is 458. The van der Waals surface area contributed by atoms with Crippen LogP contribution < -0.4 is 5.32 Å². The molecule has 21 heavy (non-hydrogen) atoms. The molecule has 116 valence electrons. The van der Waals surface area contributed by atoms with Gasteiger partial charge in [-0.1, -0.05) is 30.7 Å². The Kier molecular flexibility index (Phi) is 6.65. The summed E-state index contributed by atoms with van der Waals surface area (Å²) in [7, 11) is 0. The van der Waals surface area contributed by atoms with E-state index in [0.717, 1.165) is 12.3 Å². The van der Waals surface area contributed by atoms with E-state index < -0.39 is 0 Å². The monoisotopic (exact) mass is 304 g/mol. The molecule has 0 bridgehead atoms. The number of nitrogens with zero attached hydrogens (tertiary/aromatic N) is 1. The zero-order chi connectivity index (χ0) is 15.1. The molecule has 0 unspecified atom stereocenters. The summed E-state index contributed by atoms with van der Waals surface area (Å²) in [5, 5.41) is 3.76. The van der Waals surface area contributed by atoms with Crippen LogP contribution in [-0.4, -0.2) is 36.3 Å². The molecule has 0 atom stereocenters. The SMILES string of the molecule is CCSc1ccccc1NC1CCN(CC=C(C)C)CC1. The van der Waals surface area contributed by atoms with E-state index in [1.165, 1.54) is 42.1 Å². The molecule has 1 saturated heterocycles. The van der Waals surface area contributed by atoms with Gasteiger partial charge in [0.25, 0.3) is 0 Å². The third-order valence-electron chi connectivity index (χ3n) is 3.89. The molecule has 2 nitrogen and oxygen atoms in total. The zero-order valence-corrected chi connectivity index (χ0v) is 14.4. The molecule has 0 radical (unpaired) electrons. The molecule has 2 rings (SSSR count). The Morgan fingerprint density at radius 2 is 2.00 bits per heavy atom. The molecule has 1 aliphatic rings. The largest absolute Gasteiger partial charge is 0.381 e. The predicted octanol–water partition coefficient (Wildman–Crippen LogP) is 4.64. The number of para-hydroxylation sites is 1. The summed E-state index contributed by atoms with van der Waals surface area (Å²) >= 11 is 1.92. The topological polar surface area (TPSA) is 15.3 Å². The second-order valence-electron chi connectivity index (χ2n) is 5.93. The van der Waals surface area contributed by atoms with Crippen LogP contribution in [0.5, 0.6) is 0 Å². The van der Waals surface area contributed by atoms with Gasteiger partial charge in [0.1, 0.15) is 0 Å². The van der Waals surface area contributed by atoms with Crippen molar-refractivity contribution >= 4 is 17.4 Å². The Hall–Kier alpha value is -0.930. The summed E-state index contributed by atoms with van der Waals surface area (Å²) in [6.07, 6.45) is 4.81. The van der Waals surface area contributed by atoms with Crippen LogP contribution in [0.25, 0.3) is 0 Å². The van der Waals surface area contributed by atoms with Crippen LogP contribution in [0.15, 0.2) is 40.8 Å². The van der Waals surface area contributed by atoms with Gasteiger partial charge in [-0.15, -0.1) is 11.8 Å². The van der Waals surface area contributed by atoms with E-state index in [0.29, 0.717) is 6.04 Å². The number of piperidine rings is 1. The van der Waals surface area contributed by atoms with Crippen LogP contribution in [0.3, 0.4) is 0 Å². The van der Waals surface area contributed by atoms with Gasteiger partial charge < -0.3 is 5.32 Å². The number of hydrogen-bond donors (Lipinski definition) is 1. The van der Waals surface area contributed by atoms with Crippen molar-refractivity contribution in [3.8, 4) is 0 Å². The summed E-state index contributed by atoms with van der Waals surface area (Å²) < 4.78 is 0. The van der Waals surface area contributed by atoms with Crippen molar-refractivity contribution < 1.29 is 0 Å². The first-order valence-corrected chi connectivity index (χ1v) is 9.01. The average Bonchev–Trinajstić information content (AvgIpc) is 2.49. The van der Waals surface area contributed by atoms with E-state index in [1.54, 1.807) is 0 Å². The first-order valence-electron chi connectivity index (χ1n) is 8.03. The fraction of sp³-hybridized carbons (Fsp3) is 0.556. The highest BCUT2D eigenvalue weighted by molar-refractivity contribution is 7.99. The fourth-order valence-electron chi connectivity index (χ4n) is 2.66. The highest BCUT2D eigenvalue weighted by atomic mass is 32.2. The van der Waals surface area contributed by atoms with Crippen molar-refractivity contribution in [2.24, 2.45) is 0 Å². The second-order valence-corrected chi connectivity index (χ2v) is 7.24. The third-order valence-corrected chi connectivity index (χ3v) is 4.85. The molecule has 1 aromatic rings. The molecule has 0 spiro atoms. The number of nitrogens with one attached hydrogen (secondary N) is 1. The molecule has 0 saturated carbocycles. The Labute approximate surface area is 134 Å². The molecule has 1 N–H and O–H groups in total. The molecule has 0 amide bonds. The second kappa shape index (κ2) is 8.50. The number of rotatable bonds is 6. The third kappa shape index (κ3) is 5.40. The molecular weight excluding hydrogens is 276 g/mol. The summed E-state index contributed by atoms with van der Waals surface area (Å²) in [6.45, 7) is 10.1.